The molecule has 0 atom stereocenters. The number of hydrogen-bond acceptors (Lipinski definition) is 3. The molecule has 0 amide bonds. The van der Waals surface area contributed by atoms with Gasteiger partial charge in [-0.3, -0.25) is 4.90 Å². The molecule has 1 heterocycles. The zero-order chi connectivity index (χ0) is 18.4. The van der Waals surface area contributed by atoms with Crippen LogP contribution in [0.1, 0.15) is 41.5 Å². The standard InChI is InChI=1S/C21H28N2O2S/c1-18-7-5-10-21(13-18)17-26(24,25)22-15-19-8-6-9-20(14-19)16-23-11-3-2-4-12-23/h5-10,13-14,22H,2-4,11-12,15-17H2,1H3. The van der Waals surface area contributed by atoms with Gasteiger partial charge in [0.05, 0.1) is 5.75 Å². The number of benzene rings is 2. The first-order valence-corrected chi connectivity index (χ1v) is 11.0. The highest BCUT2D eigenvalue weighted by Gasteiger charge is 2.13. The maximum absolute atomic E-state index is 12.4. The summed E-state index contributed by atoms with van der Waals surface area (Å²) >= 11 is 0. The molecule has 1 saturated heterocycles. The minimum Gasteiger partial charge on any atom is -0.299 e. The van der Waals surface area contributed by atoms with Crippen LogP contribution in [0, 0.1) is 6.92 Å². The Bertz CT molecular complexity index is 827. The van der Waals surface area contributed by atoms with Crippen LogP contribution in [0.15, 0.2) is 48.5 Å². The number of hydrogen-bond donors (Lipinski definition) is 1. The summed E-state index contributed by atoms with van der Waals surface area (Å²) in [5.74, 6) is 0.0160. The van der Waals surface area contributed by atoms with E-state index in [4.69, 9.17) is 0 Å². The lowest BCUT2D eigenvalue weighted by Gasteiger charge is -2.26. The fraction of sp³-hybridized carbons (Fsp3) is 0.429. The van der Waals surface area contributed by atoms with Gasteiger partial charge in [-0.1, -0.05) is 60.5 Å². The summed E-state index contributed by atoms with van der Waals surface area (Å²) in [5, 5.41) is 0. The molecule has 0 unspecified atom stereocenters. The second-order valence-corrected chi connectivity index (χ2v) is 9.03. The predicted molar refractivity (Wildman–Crippen MR) is 106 cm³/mol. The fourth-order valence-corrected chi connectivity index (χ4v) is 4.59. The van der Waals surface area contributed by atoms with Crippen LogP contribution in [0.25, 0.3) is 0 Å². The molecule has 1 aliphatic heterocycles. The monoisotopic (exact) mass is 372 g/mol. The zero-order valence-electron chi connectivity index (χ0n) is 15.4. The van der Waals surface area contributed by atoms with Crippen LogP contribution in [0.3, 0.4) is 0 Å². The Kier molecular flexibility index (Phi) is 6.46. The summed E-state index contributed by atoms with van der Waals surface area (Å²) in [7, 11) is -3.35. The molecule has 1 fully saturated rings. The van der Waals surface area contributed by atoms with Gasteiger partial charge in [0.2, 0.25) is 10.0 Å². The number of aryl methyl sites for hydroxylation is 1. The first-order chi connectivity index (χ1) is 12.5. The van der Waals surface area contributed by atoms with E-state index in [0.29, 0.717) is 6.54 Å². The van der Waals surface area contributed by atoms with Gasteiger partial charge in [0, 0.05) is 13.1 Å². The highest BCUT2D eigenvalue weighted by molar-refractivity contribution is 7.88. The average molecular weight is 373 g/mol. The van der Waals surface area contributed by atoms with Crippen molar-refractivity contribution in [3.8, 4) is 0 Å². The van der Waals surface area contributed by atoms with Gasteiger partial charge in [-0.05, 0) is 49.5 Å². The maximum Gasteiger partial charge on any atom is 0.216 e. The van der Waals surface area contributed by atoms with Crippen LogP contribution in [-0.2, 0) is 28.9 Å². The molecule has 3 rings (SSSR count). The first-order valence-electron chi connectivity index (χ1n) is 9.33. The van der Waals surface area contributed by atoms with Gasteiger partial charge < -0.3 is 0 Å². The number of piperidine rings is 1. The third-order valence-electron chi connectivity index (χ3n) is 4.78. The van der Waals surface area contributed by atoms with E-state index >= 15 is 0 Å². The molecule has 140 valence electrons. The summed E-state index contributed by atoms with van der Waals surface area (Å²) in [5.41, 5.74) is 4.15. The molecule has 0 spiro atoms. The quantitative estimate of drug-likeness (QED) is 0.808. The Morgan fingerprint density at radius 2 is 1.62 bits per heavy atom. The van der Waals surface area contributed by atoms with E-state index in [0.717, 1.165) is 36.3 Å². The number of nitrogens with one attached hydrogen (secondary N) is 1. The average Bonchev–Trinajstić information content (AvgIpc) is 2.61. The van der Waals surface area contributed by atoms with Gasteiger partial charge in [-0.2, -0.15) is 0 Å². The van der Waals surface area contributed by atoms with E-state index in [-0.39, 0.29) is 5.75 Å². The Balaban J connectivity index is 1.57. The molecule has 1 N–H and O–H groups in total. The van der Waals surface area contributed by atoms with Crippen molar-refractivity contribution in [1.82, 2.24) is 9.62 Å². The fourth-order valence-electron chi connectivity index (χ4n) is 3.48. The van der Waals surface area contributed by atoms with E-state index in [1.165, 1.54) is 24.8 Å². The van der Waals surface area contributed by atoms with Crippen molar-refractivity contribution in [3.63, 3.8) is 0 Å². The van der Waals surface area contributed by atoms with Gasteiger partial charge in [0.25, 0.3) is 0 Å². The highest BCUT2D eigenvalue weighted by Crippen LogP contribution is 2.14. The number of rotatable bonds is 7. The minimum absolute atomic E-state index is 0.0160. The topological polar surface area (TPSA) is 49.4 Å². The number of likely N-dealkylation sites (tertiary alicyclic amines) is 1. The SMILES string of the molecule is Cc1cccc(CS(=O)(=O)NCc2cccc(CN3CCCCC3)c2)c1. The van der Waals surface area contributed by atoms with Crippen LogP contribution in [0.2, 0.25) is 0 Å². The molecule has 2 aromatic rings. The van der Waals surface area contributed by atoms with E-state index in [1.54, 1.807) is 0 Å². The first kappa shape index (κ1) is 19.1. The lowest BCUT2D eigenvalue weighted by molar-refractivity contribution is 0.221. The second-order valence-electron chi connectivity index (χ2n) is 7.23. The lowest BCUT2D eigenvalue weighted by atomic mass is 10.1. The minimum atomic E-state index is -3.35. The van der Waals surface area contributed by atoms with E-state index in [1.807, 2.05) is 43.3 Å². The molecule has 0 aliphatic carbocycles. The molecule has 0 bridgehead atoms. The molecular formula is C21H28N2O2S. The molecule has 0 radical (unpaired) electrons. The van der Waals surface area contributed by atoms with E-state index in [9.17, 15) is 8.42 Å². The van der Waals surface area contributed by atoms with Crippen LogP contribution in [-0.4, -0.2) is 26.4 Å². The molecular weight excluding hydrogens is 344 g/mol. The summed E-state index contributed by atoms with van der Waals surface area (Å²) in [6, 6.07) is 15.9. The smallest absolute Gasteiger partial charge is 0.216 e. The second kappa shape index (κ2) is 8.80. The van der Waals surface area contributed by atoms with Crippen LogP contribution in [0.4, 0.5) is 0 Å². The van der Waals surface area contributed by atoms with Gasteiger partial charge >= 0.3 is 0 Å². The van der Waals surface area contributed by atoms with Crippen LogP contribution >= 0.6 is 0 Å². The van der Waals surface area contributed by atoms with Crippen molar-refractivity contribution in [2.75, 3.05) is 13.1 Å². The molecule has 0 saturated carbocycles. The lowest BCUT2D eigenvalue weighted by Crippen LogP contribution is -2.29. The van der Waals surface area contributed by atoms with Crippen molar-refractivity contribution in [1.29, 1.82) is 0 Å². The Morgan fingerprint density at radius 1 is 0.923 bits per heavy atom. The Labute approximate surface area is 157 Å². The normalized spacial score (nSPS) is 15.9. The van der Waals surface area contributed by atoms with Crippen molar-refractivity contribution in [2.24, 2.45) is 0 Å². The molecule has 4 nitrogen and oxygen atoms in total. The van der Waals surface area contributed by atoms with Crippen molar-refractivity contribution < 1.29 is 8.42 Å². The van der Waals surface area contributed by atoms with Gasteiger partial charge in [-0.15, -0.1) is 0 Å². The summed E-state index contributed by atoms with van der Waals surface area (Å²) in [4.78, 5) is 2.48. The zero-order valence-corrected chi connectivity index (χ0v) is 16.3. The third-order valence-corrected chi connectivity index (χ3v) is 6.08. The maximum atomic E-state index is 12.4. The van der Waals surface area contributed by atoms with Crippen LogP contribution in [0.5, 0.6) is 0 Å². The van der Waals surface area contributed by atoms with E-state index < -0.39 is 10.0 Å². The number of nitrogens with zero attached hydrogens (tertiary/aromatic N) is 1. The third kappa shape index (κ3) is 5.94. The van der Waals surface area contributed by atoms with Gasteiger partial charge in [0.1, 0.15) is 0 Å². The molecule has 1 aliphatic rings. The number of sulfonamides is 1. The predicted octanol–water partition coefficient (Wildman–Crippen LogP) is 3.60. The molecule has 26 heavy (non-hydrogen) atoms. The summed E-state index contributed by atoms with van der Waals surface area (Å²) in [6.07, 6.45) is 3.89. The van der Waals surface area contributed by atoms with E-state index in [2.05, 4.69) is 21.8 Å². The van der Waals surface area contributed by atoms with Gasteiger partial charge in [-0.25, -0.2) is 13.1 Å². The van der Waals surface area contributed by atoms with Gasteiger partial charge in [0.15, 0.2) is 0 Å². The molecule has 5 heteroatoms. The largest absolute Gasteiger partial charge is 0.299 e. The summed E-state index contributed by atoms with van der Waals surface area (Å²) < 4.78 is 27.5. The molecule has 0 aromatic heterocycles. The van der Waals surface area contributed by atoms with Crippen molar-refractivity contribution >= 4 is 10.0 Å². The molecule has 2 aromatic carbocycles. The Hall–Kier alpha value is -1.69. The van der Waals surface area contributed by atoms with Crippen molar-refractivity contribution in [3.05, 3.63) is 70.8 Å². The Morgan fingerprint density at radius 3 is 2.38 bits per heavy atom. The van der Waals surface area contributed by atoms with Crippen LogP contribution < -0.4 is 4.72 Å². The summed E-state index contributed by atoms with van der Waals surface area (Å²) in [6.45, 7) is 5.57. The van der Waals surface area contributed by atoms with Crippen molar-refractivity contribution in [2.45, 2.75) is 45.0 Å². The highest BCUT2D eigenvalue weighted by atomic mass is 32.2.